The van der Waals surface area contributed by atoms with Crippen LogP contribution in [0.4, 0.5) is 11.4 Å². The first-order valence-electron chi connectivity index (χ1n) is 11.0. The van der Waals surface area contributed by atoms with Gasteiger partial charge in [-0.15, -0.1) is 0 Å². The lowest BCUT2D eigenvalue weighted by atomic mass is 10.1. The smallest absolute Gasteiger partial charge is 0.268 e. The largest absolute Gasteiger partial charge is 0.495 e. The highest BCUT2D eigenvalue weighted by Crippen LogP contribution is 2.35. The molecule has 0 spiro atoms. The molecule has 1 amide bonds. The lowest BCUT2D eigenvalue weighted by molar-refractivity contribution is -0.117. The van der Waals surface area contributed by atoms with Gasteiger partial charge in [-0.3, -0.25) is 9.10 Å². The van der Waals surface area contributed by atoms with Crippen molar-refractivity contribution in [3.05, 3.63) is 82.4 Å². The summed E-state index contributed by atoms with van der Waals surface area (Å²) in [6.07, 6.45) is 0.719. The predicted molar refractivity (Wildman–Crippen MR) is 136 cm³/mol. The van der Waals surface area contributed by atoms with Gasteiger partial charge in [0.05, 0.1) is 12.8 Å². The molecule has 0 aliphatic carbocycles. The van der Waals surface area contributed by atoms with Crippen molar-refractivity contribution in [3.63, 3.8) is 0 Å². The second-order valence-corrected chi connectivity index (χ2v) is 10.8. The Hall–Kier alpha value is -3.03. The van der Waals surface area contributed by atoms with Gasteiger partial charge < -0.3 is 9.64 Å². The van der Waals surface area contributed by atoms with Crippen molar-refractivity contribution in [1.82, 2.24) is 0 Å². The molecule has 0 radical (unpaired) electrons. The van der Waals surface area contributed by atoms with Gasteiger partial charge in [-0.2, -0.15) is 0 Å². The van der Waals surface area contributed by atoms with E-state index in [4.69, 9.17) is 16.3 Å². The van der Waals surface area contributed by atoms with Crippen LogP contribution >= 0.6 is 11.6 Å². The number of carbonyl (C=O) groups excluding carboxylic acids is 1. The van der Waals surface area contributed by atoms with E-state index in [0.717, 1.165) is 33.1 Å². The normalized spacial score (nSPS) is 15.2. The van der Waals surface area contributed by atoms with Gasteiger partial charge in [0, 0.05) is 16.8 Å². The number of para-hydroxylation sites is 1. The van der Waals surface area contributed by atoms with Crippen molar-refractivity contribution in [1.29, 1.82) is 0 Å². The molecule has 34 heavy (non-hydrogen) atoms. The molecule has 1 aliphatic rings. The maximum atomic E-state index is 14.0. The monoisotopic (exact) mass is 498 g/mol. The Morgan fingerprint density at radius 3 is 2.56 bits per heavy atom. The maximum Gasteiger partial charge on any atom is 0.268 e. The van der Waals surface area contributed by atoms with Gasteiger partial charge in [0.2, 0.25) is 5.91 Å². The number of hydrogen-bond acceptors (Lipinski definition) is 4. The summed E-state index contributed by atoms with van der Waals surface area (Å²) < 4.78 is 34.4. The summed E-state index contributed by atoms with van der Waals surface area (Å²) in [6, 6.07) is 17.5. The Labute approximate surface area is 205 Å². The topological polar surface area (TPSA) is 66.9 Å². The molecule has 3 aromatic rings. The number of fused-ring (bicyclic) bond motifs is 1. The van der Waals surface area contributed by atoms with Crippen LogP contribution in [0.5, 0.6) is 5.75 Å². The van der Waals surface area contributed by atoms with Crippen LogP contribution in [-0.2, 0) is 21.2 Å². The van der Waals surface area contributed by atoms with Crippen molar-refractivity contribution in [2.75, 3.05) is 22.9 Å². The summed E-state index contributed by atoms with van der Waals surface area (Å²) in [4.78, 5) is 15.3. The Balaban J connectivity index is 1.81. The maximum absolute atomic E-state index is 14.0. The van der Waals surface area contributed by atoms with E-state index in [2.05, 4.69) is 0 Å². The molecule has 178 valence electrons. The molecular weight excluding hydrogens is 472 g/mol. The second kappa shape index (κ2) is 9.31. The van der Waals surface area contributed by atoms with Crippen LogP contribution in [0.3, 0.4) is 0 Å². The molecule has 6 nitrogen and oxygen atoms in total. The fourth-order valence-electron chi connectivity index (χ4n) is 4.30. The summed E-state index contributed by atoms with van der Waals surface area (Å²) in [6.45, 7) is 5.22. The van der Waals surface area contributed by atoms with Gasteiger partial charge in [-0.25, -0.2) is 8.42 Å². The summed E-state index contributed by atoms with van der Waals surface area (Å²) in [5.41, 5.74) is 3.76. The first-order chi connectivity index (χ1) is 16.1. The fourth-order valence-corrected chi connectivity index (χ4v) is 6.12. The van der Waals surface area contributed by atoms with E-state index in [1.54, 1.807) is 48.2 Å². The molecule has 0 saturated carbocycles. The molecule has 1 heterocycles. The van der Waals surface area contributed by atoms with Gasteiger partial charge in [0.25, 0.3) is 10.0 Å². The molecule has 4 rings (SSSR count). The van der Waals surface area contributed by atoms with Crippen LogP contribution < -0.4 is 13.9 Å². The van der Waals surface area contributed by atoms with Gasteiger partial charge in [-0.1, -0.05) is 41.9 Å². The zero-order valence-corrected chi connectivity index (χ0v) is 21.2. The molecule has 0 aromatic heterocycles. The number of benzene rings is 3. The van der Waals surface area contributed by atoms with E-state index >= 15 is 0 Å². The average molecular weight is 499 g/mol. The van der Waals surface area contributed by atoms with Crippen LogP contribution in [0.25, 0.3) is 0 Å². The Morgan fingerprint density at radius 1 is 1.12 bits per heavy atom. The van der Waals surface area contributed by atoms with Crippen molar-refractivity contribution in [2.45, 2.75) is 38.1 Å². The fraction of sp³-hybridized carbons (Fsp3) is 0.269. The third-order valence-electron chi connectivity index (χ3n) is 6.09. The molecule has 0 fully saturated rings. The number of carbonyl (C=O) groups is 1. The van der Waals surface area contributed by atoms with E-state index < -0.39 is 10.0 Å². The summed E-state index contributed by atoms with van der Waals surface area (Å²) >= 11 is 6.35. The highest BCUT2D eigenvalue weighted by Gasteiger charge is 2.36. The lowest BCUT2D eigenvalue weighted by Crippen LogP contribution is -2.45. The number of methoxy groups -OCH3 is 1. The summed E-state index contributed by atoms with van der Waals surface area (Å²) in [7, 11) is -2.74. The highest BCUT2D eigenvalue weighted by atomic mass is 35.5. The average Bonchev–Trinajstić information content (AvgIpc) is 3.14. The summed E-state index contributed by atoms with van der Waals surface area (Å²) in [5.74, 6) is -0.106. The first kappa shape index (κ1) is 24.1. The van der Waals surface area contributed by atoms with Crippen LogP contribution in [0.2, 0.25) is 5.02 Å². The third kappa shape index (κ3) is 4.38. The minimum atomic E-state index is -4.17. The number of nitrogens with zero attached hydrogens (tertiary/aromatic N) is 2. The number of amides is 1. The highest BCUT2D eigenvalue weighted by molar-refractivity contribution is 7.93. The van der Waals surface area contributed by atoms with Gasteiger partial charge in [0.1, 0.15) is 17.2 Å². The van der Waals surface area contributed by atoms with E-state index in [0.29, 0.717) is 10.7 Å². The SMILES string of the molecule is COc1ccc(C)cc1S(=O)(=O)N(CC(=O)N1c2ccccc2C[C@@H]1C)c1ccc(C)c(Cl)c1. The Kier molecular flexibility index (Phi) is 6.60. The molecule has 0 saturated heterocycles. The van der Waals surface area contributed by atoms with E-state index in [1.807, 2.05) is 38.1 Å². The van der Waals surface area contributed by atoms with Crippen molar-refractivity contribution in [2.24, 2.45) is 0 Å². The van der Waals surface area contributed by atoms with Crippen LogP contribution in [0.1, 0.15) is 23.6 Å². The molecule has 1 aliphatic heterocycles. The quantitative estimate of drug-likeness (QED) is 0.472. The van der Waals surface area contributed by atoms with Crippen LogP contribution in [-0.4, -0.2) is 34.0 Å². The number of aryl methyl sites for hydroxylation is 2. The Morgan fingerprint density at radius 2 is 1.85 bits per heavy atom. The number of ether oxygens (including phenoxy) is 1. The minimum Gasteiger partial charge on any atom is -0.495 e. The number of sulfonamides is 1. The summed E-state index contributed by atoms with van der Waals surface area (Å²) in [5, 5.41) is 0.418. The third-order valence-corrected chi connectivity index (χ3v) is 8.29. The number of rotatable bonds is 6. The minimum absolute atomic E-state index is 0.00521. The van der Waals surface area contributed by atoms with Crippen molar-refractivity contribution in [3.8, 4) is 5.75 Å². The van der Waals surface area contributed by atoms with Gasteiger partial charge in [-0.05, 0) is 74.2 Å². The second-order valence-electron chi connectivity index (χ2n) is 8.55. The number of halogens is 1. The standard InChI is InChI=1S/C26H27ClN2O4S/c1-17-9-12-24(33-4)25(13-17)34(31,32)28(21-11-10-18(2)22(27)15-21)16-26(30)29-19(3)14-20-7-5-6-8-23(20)29/h5-13,15,19H,14,16H2,1-4H3/t19-/m0/s1. The molecule has 0 unspecified atom stereocenters. The Bertz CT molecular complexity index is 1360. The van der Waals surface area contributed by atoms with Gasteiger partial charge in [0.15, 0.2) is 0 Å². The van der Waals surface area contributed by atoms with E-state index in [1.165, 1.54) is 7.11 Å². The molecule has 0 bridgehead atoms. The molecule has 0 N–H and O–H groups in total. The zero-order valence-electron chi connectivity index (χ0n) is 19.6. The van der Waals surface area contributed by atoms with Crippen molar-refractivity contribution < 1.29 is 17.9 Å². The van der Waals surface area contributed by atoms with E-state index in [9.17, 15) is 13.2 Å². The van der Waals surface area contributed by atoms with Crippen LogP contribution in [0.15, 0.2) is 65.6 Å². The molecular formula is C26H27ClN2O4S. The lowest BCUT2D eigenvalue weighted by Gasteiger charge is -2.29. The predicted octanol–water partition coefficient (Wildman–Crippen LogP) is 5.14. The van der Waals surface area contributed by atoms with E-state index in [-0.39, 0.29) is 29.1 Å². The molecule has 3 aromatic carbocycles. The van der Waals surface area contributed by atoms with Crippen LogP contribution in [0, 0.1) is 13.8 Å². The number of hydrogen-bond donors (Lipinski definition) is 0. The van der Waals surface area contributed by atoms with Crippen molar-refractivity contribution >= 4 is 38.9 Å². The number of anilines is 2. The first-order valence-corrected chi connectivity index (χ1v) is 12.8. The zero-order chi connectivity index (χ0) is 24.6. The molecule has 1 atom stereocenters. The molecule has 8 heteroatoms. The van der Waals surface area contributed by atoms with Gasteiger partial charge >= 0.3 is 0 Å².